The van der Waals surface area contributed by atoms with Crippen LogP contribution in [-0.4, -0.2) is 27.3 Å². The number of carbonyl (C=O) groups excluding carboxylic acids is 1. The van der Waals surface area contributed by atoms with Crippen molar-refractivity contribution in [3.63, 3.8) is 0 Å². The van der Waals surface area contributed by atoms with Crippen molar-refractivity contribution >= 4 is 11.7 Å². The molecule has 0 amide bonds. The fraction of sp³-hybridized carbons (Fsp3) is 0.636. The van der Waals surface area contributed by atoms with Crippen LogP contribution in [0.15, 0.2) is 6.20 Å². The van der Waals surface area contributed by atoms with Gasteiger partial charge in [0.25, 0.3) is 0 Å². The number of nitrogens with zero attached hydrogens (tertiary/aromatic N) is 3. The summed E-state index contributed by atoms with van der Waals surface area (Å²) in [5.74, 6) is -0.353. The first kappa shape index (κ1) is 12.5. The van der Waals surface area contributed by atoms with Crippen molar-refractivity contribution in [1.29, 1.82) is 0 Å². The van der Waals surface area contributed by atoms with Crippen molar-refractivity contribution in [2.75, 3.05) is 6.61 Å². The van der Waals surface area contributed by atoms with E-state index in [9.17, 15) is 14.9 Å². The maximum absolute atomic E-state index is 12.0. The lowest BCUT2D eigenvalue weighted by Crippen LogP contribution is -2.49. The van der Waals surface area contributed by atoms with Gasteiger partial charge in [-0.05, 0) is 33.1 Å². The van der Waals surface area contributed by atoms with E-state index < -0.39 is 10.5 Å². The van der Waals surface area contributed by atoms with Gasteiger partial charge in [0.15, 0.2) is 5.54 Å². The molecule has 1 aliphatic rings. The van der Waals surface area contributed by atoms with E-state index in [2.05, 4.69) is 5.10 Å². The van der Waals surface area contributed by atoms with Crippen molar-refractivity contribution in [2.45, 2.75) is 38.6 Å². The molecule has 7 nitrogen and oxygen atoms in total. The van der Waals surface area contributed by atoms with E-state index in [-0.39, 0.29) is 11.7 Å². The molecule has 1 aliphatic carbocycles. The van der Waals surface area contributed by atoms with Crippen LogP contribution in [0.4, 0.5) is 5.69 Å². The third-order valence-corrected chi connectivity index (χ3v) is 3.34. The van der Waals surface area contributed by atoms with Gasteiger partial charge < -0.3 is 4.74 Å². The Morgan fingerprint density at radius 2 is 2.33 bits per heavy atom. The van der Waals surface area contributed by atoms with E-state index in [0.29, 0.717) is 25.1 Å². The lowest BCUT2D eigenvalue weighted by atomic mass is 9.77. The highest BCUT2D eigenvalue weighted by Crippen LogP contribution is 2.41. The molecular weight excluding hydrogens is 238 g/mol. The monoisotopic (exact) mass is 253 g/mol. The third kappa shape index (κ3) is 1.75. The van der Waals surface area contributed by atoms with E-state index in [0.717, 1.165) is 6.42 Å². The SMILES string of the molecule is CCOC(=O)C1(n2cc([N+](=O)[O-])c(C)n2)CCC1. The first-order chi connectivity index (χ1) is 8.51. The standard InChI is InChI=1S/C11H15N3O4/c1-3-18-10(15)11(5-4-6-11)13-7-9(14(16)17)8(2)12-13/h7H,3-6H2,1-2H3. The van der Waals surface area contributed by atoms with Gasteiger partial charge in [-0.3, -0.25) is 10.1 Å². The molecular formula is C11H15N3O4. The van der Waals surface area contributed by atoms with Crippen LogP contribution in [0.5, 0.6) is 0 Å². The summed E-state index contributed by atoms with van der Waals surface area (Å²) in [7, 11) is 0. The number of hydrogen-bond acceptors (Lipinski definition) is 5. The molecule has 1 fully saturated rings. The summed E-state index contributed by atoms with van der Waals surface area (Å²) in [6.45, 7) is 3.59. The molecule has 98 valence electrons. The topological polar surface area (TPSA) is 87.3 Å². The number of aryl methyl sites for hydroxylation is 1. The zero-order valence-electron chi connectivity index (χ0n) is 10.4. The number of carbonyl (C=O) groups is 1. The maximum Gasteiger partial charge on any atom is 0.334 e. The van der Waals surface area contributed by atoms with Crippen molar-refractivity contribution in [1.82, 2.24) is 9.78 Å². The van der Waals surface area contributed by atoms with Gasteiger partial charge in [0.05, 0.1) is 11.5 Å². The minimum absolute atomic E-state index is 0.0643. The molecule has 0 unspecified atom stereocenters. The highest BCUT2D eigenvalue weighted by Gasteiger charge is 2.49. The molecule has 18 heavy (non-hydrogen) atoms. The van der Waals surface area contributed by atoms with Crippen LogP contribution >= 0.6 is 0 Å². The number of aromatic nitrogens is 2. The predicted molar refractivity (Wildman–Crippen MR) is 62.1 cm³/mol. The van der Waals surface area contributed by atoms with E-state index in [4.69, 9.17) is 4.74 Å². The van der Waals surface area contributed by atoms with Crippen LogP contribution in [0.3, 0.4) is 0 Å². The van der Waals surface area contributed by atoms with Crippen LogP contribution in [0, 0.1) is 17.0 Å². The smallest absolute Gasteiger partial charge is 0.334 e. The molecule has 0 aliphatic heterocycles. The highest BCUT2D eigenvalue weighted by atomic mass is 16.6. The lowest BCUT2D eigenvalue weighted by molar-refractivity contribution is -0.385. The zero-order chi connectivity index (χ0) is 13.3. The summed E-state index contributed by atoms with van der Waals surface area (Å²) in [5.41, 5.74) is -0.587. The Labute approximate surface area is 104 Å². The second-order valence-corrected chi connectivity index (χ2v) is 4.41. The number of rotatable bonds is 4. The van der Waals surface area contributed by atoms with Gasteiger partial charge in [-0.25, -0.2) is 9.48 Å². The zero-order valence-corrected chi connectivity index (χ0v) is 10.4. The van der Waals surface area contributed by atoms with E-state index in [1.54, 1.807) is 13.8 Å². The molecule has 1 aromatic heterocycles. The summed E-state index contributed by atoms with van der Waals surface area (Å²) in [6.07, 6.45) is 3.45. The molecule has 0 aromatic carbocycles. The van der Waals surface area contributed by atoms with Gasteiger partial charge in [0.1, 0.15) is 11.9 Å². The Kier molecular flexibility index (Phi) is 3.06. The first-order valence-electron chi connectivity index (χ1n) is 5.89. The average Bonchev–Trinajstić information content (AvgIpc) is 2.59. The highest BCUT2D eigenvalue weighted by molar-refractivity contribution is 5.80. The predicted octanol–water partition coefficient (Wildman–Crippen LogP) is 1.54. The van der Waals surface area contributed by atoms with Gasteiger partial charge in [-0.1, -0.05) is 0 Å². The van der Waals surface area contributed by atoms with E-state index in [1.807, 2.05) is 0 Å². The van der Waals surface area contributed by atoms with Crippen LogP contribution in [0.1, 0.15) is 31.9 Å². The molecule has 0 saturated heterocycles. The third-order valence-electron chi connectivity index (χ3n) is 3.34. The summed E-state index contributed by atoms with van der Waals surface area (Å²) in [4.78, 5) is 22.3. The fourth-order valence-corrected chi connectivity index (χ4v) is 2.15. The summed E-state index contributed by atoms with van der Waals surface area (Å²) >= 11 is 0. The van der Waals surface area contributed by atoms with Crippen LogP contribution in [0.25, 0.3) is 0 Å². The van der Waals surface area contributed by atoms with Gasteiger partial charge >= 0.3 is 11.7 Å². The normalized spacial score (nSPS) is 17.0. The largest absolute Gasteiger partial charge is 0.464 e. The second kappa shape index (κ2) is 4.40. The maximum atomic E-state index is 12.0. The van der Waals surface area contributed by atoms with Crippen molar-refractivity contribution < 1.29 is 14.5 Å². The molecule has 0 atom stereocenters. The number of nitro groups is 1. The van der Waals surface area contributed by atoms with Gasteiger partial charge in [0, 0.05) is 0 Å². The van der Waals surface area contributed by atoms with Crippen molar-refractivity contribution in [3.8, 4) is 0 Å². The molecule has 1 aromatic rings. The summed E-state index contributed by atoms with van der Waals surface area (Å²) in [5, 5.41) is 14.9. The molecule has 0 spiro atoms. The molecule has 0 radical (unpaired) electrons. The van der Waals surface area contributed by atoms with Crippen LogP contribution < -0.4 is 0 Å². The molecule has 1 saturated carbocycles. The minimum Gasteiger partial charge on any atom is -0.464 e. The fourth-order valence-electron chi connectivity index (χ4n) is 2.15. The minimum atomic E-state index is -0.838. The second-order valence-electron chi connectivity index (χ2n) is 4.41. The Hall–Kier alpha value is -1.92. The Morgan fingerprint density at radius 3 is 2.72 bits per heavy atom. The lowest BCUT2D eigenvalue weighted by Gasteiger charge is -2.38. The van der Waals surface area contributed by atoms with Crippen molar-refractivity contribution in [2.24, 2.45) is 0 Å². The van der Waals surface area contributed by atoms with Gasteiger partial charge in [0.2, 0.25) is 0 Å². The van der Waals surface area contributed by atoms with E-state index in [1.165, 1.54) is 10.9 Å². The molecule has 2 rings (SSSR count). The van der Waals surface area contributed by atoms with Crippen LogP contribution in [0.2, 0.25) is 0 Å². The molecule has 1 heterocycles. The Morgan fingerprint density at radius 1 is 1.67 bits per heavy atom. The van der Waals surface area contributed by atoms with E-state index >= 15 is 0 Å². The summed E-state index contributed by atoms with van der Waals surface area (Å²) in [6, 6.07) is 0. The first-order valence-corrected chi connectivity index (χ1v) is 5.89. The molecule has 0 N–H and O–H groups in total. The Balaban J connectivity index is 2.36. The number of ether oxygens (including phenoxy) is 1. The summed E-state index contributed by atoms with van der Waals surface area (Å²) < 4.78 is 6.45. The number of hydrogen-bond donors (Lipinski definition) is 0. The average molecular weight is 253 g/mol. The molecule has 0 bridgehead atoms. The van der Waals surface area contributed by atoms with Gasteiger partial charge in [-0.2, -0.15) is 5.10 Å². The molecule has 7 heteroatoms. The quantitative estimate of drug-likeness (QED) is 0.461. The number of esters is 1. The van der Waals surface area contributed by atoms with Gasteiger partial charge in [-0.15, -0.1) is 0 Å². The van der Waals surface area contributed by atoms with Crippen molar-refractivity contribution in [3.05, 3.63) is 22.0 Å². The Bertz CT molecular complexity index is 490. The van der Waals surface area contributed by atoms with Crippen LogP contribution in [-0.2, 0) is 15.1 Å².